The van der Waals surface area contributed by atoms with Gasteiger partial charge in [0, 0.05) is 17.5 Å². The molecule has 1 heterocycles. The lowest BCUT2D eigenvalue weighted by Crippen LogP contribution is -2.06. The molecular formula is C18H15ClN2O3. The first-order chi connectivity index (χ1) is 11.6. The molecule has 24 heavy (non-hydrogen) atoms. The Bertz CT molecular complexity index is 855. The van der Waals surface area contributed by atoms with E-state index < -0.39 is 0 Å². The maximum atomic E-state index is 11.4. The molecule has 0 saturated carbocycles. The van der Waals surface area contributed by atoms with E-state index in [0.717, 1.165) is 16.9 Å². The SMILES string of the molecule is COc1ccc(-c2onc(NC(C)=O)c2-c2ccc(Cl)cc2)cc1. The lowest BCUT2D eigenvalue weighted by molar-refractivity contribution is -0.114. The molecule has 122 valence electrons. The molecule has 0 spiro atoms. The number of aromatic nitrogens is 1. The van der Waals surface area contributed by atoms with Gasteiger partial charge in [0.2, 0.25) is 5.91 Å². The van der Waals surface area contributed by atoms with Crippen molar-refractivity contribution in [2.75, 3.05) is 12.4 Å². The van der Waals surface area contributed by atoms with Crippen molar-refractivity contribution in [3.05, 3.63) is 53.6 Å². The Morgan fingerprint density at radius 2 is 1.71 bits per heavy atom. The highest BCUT2D eigenvalue weighted by Crippen LogP contribution is 2.38. The Balaban J connectivity index is 2.13. The van der Waals surface area contributed by atoms with E-state index in [1.54, 1.807) is 19.2 Å². The van der Waals surface area contributed by atoms with E-state index in [1.807, 2.05) is 36.4 Å². The van der Waals surface area contributed by atoms with Gasteiger partial charge in [0.1, 0.15) is 5.75 Å². The van der Waals surface area contributed by atoms with E-state index in [2.05, 4.69) is 10.5 Å². The fourth-order valence-corrected chi connectivity index (χ4v) is 2.49. The van der Waals surface area contributed by atoms with Crippen molar-refractivity contribution < 1.29 is 14.1 Å². The molecule has 0 atom stereocenters. The van der Waals surface area contributed by atoms with E-state index in [4.69, 9.17) is 20.9 Å². The lowest BCUT2D eigenvalue weighted by atomic mass is 10.0. The summed E-state index contributed by atoms with van der Waals surface area (Å²) in [6, 6.07) is 14.7. The monoisotopic (exact) mass is 342 g/mol. The van der Waals surface area contributed by atoms with E-state index in [-0.39, 0.29) is 5.91 Å². The van der Waals surface area contributed by atoms with E-state index in [9.17, 15) is 4.79 Å². The first-order valence-electron chi connectivity index (χ1n) is 7.26. The number of carbonyl (C=O) groups is 1. The van der Waals surface area contributed by atoms with Gasteiger partial charge in [-0.15, -0.1) is 0 Å². The Morgan fingerprint density at radius 1 is 1.08 bits per heavy atom. The van der Waals surface area contributed by atoms with Gasteiger partial charge in [0.05, 0.1) is 12.7 Å². The predicted octanol–water partition coefficient (Wildman–Crippen LogP) is 4.63. The zero-order chi connectivity index (χ0) is 17.1. The highest BCUT2D eigenvalue weighted by molar-refractivity contribution is 6.30. The predicted molar refractivity (Wildman–Crippen MR) is 93.2 cm³/mol. The number of nitrogens with one attached hydrogen (secondary N) is 1. The molecule has 2 aromatic carbocycles. The molecule has 3 rings (SSSR count). The standard InChI is InChI=1S/C18H15ClN2O3/c1-11(22)20-18-16(12-3-7-14(19)8-4-12)17(24-21-18)13-5-9-15(23-2)10-6-13/h3-10H,1-2H3,(H,20,21,22). The molecule has 3 aromatic rings. The summed E-state index contributed by atoms with van der Waals surface area (Å²) >= 11 is 5.96. The number of benzene rings is 2. The quantitative estimate of drug-likeness (QED) is 0.750. The third kappa shape index (κ3) is 3.26. The van der Waals surface area contributed by atoms with Gasteiger partial charge in [-0.2, -0.15) is 0 Å². The van der Waals surface area contributed by atoms with Crippen LogP contribution in [0.5, 0.6) is 5.75 Å². The van der Waals surface area contributed by atoms with Crippen molar-refractivity contribution in [2.45, 2.75) is 6.92 Å². The molecule has 0 aliphatic carbocycles. The summed E-state index contributed by atoms with van der Waals surface area (Å²) in [4.78, 5) is 11.4. The average Bonchev–Trinajstić information content (AvgIpc) is 2.98. The molecule has 0 unspecified atom stereocenters. The van der Waals surface area contributed by atoms with Crippen LogP contribution in [-0.4, -0.2) is 18.2 Å². The smallest absolute Gasteiger partial charge is 0.222 e. The fraction of sp³-hybridized carbons (Fsp3) is 0.111. The lowest BCUT2D eigenvalue weighted by Gasteiger charge is -2.06. The molecule has 6 heteroatoms. The summed E-state index contributed by atoms with van der Waals surface area (Å²) in [5, 5.41) is 7.33. The van der Waals surface area contributed by atoms with E-state index in [1.165, 1.54) is 6.92 Å². The molecule has 0 aliphatic heterocycles. The van der Waals surface area contributed by atoms with Crippen LogP contribution >= 0.6 is 11.6 Å². The molecule has 5 nitrogen and oxygen atoms in total. The van der Waals surface area contributed by atoms with Gasteiger partial charge in [-0.1, -0.05) is 28.9 Å². The molecular weight excluding hydrogens is 328 g/mol. The summed E-state index contributed by atoms with van der Waals surface area (Å²) in [6.45, 7) is 1.42. The molecule has 0 radical (unpaired) electrons. The topological polar surface area (TPSA) is 64.4 Å². The number of carbonyl (C=O) groups excluding carboxylic acids is 1. The number of amides is 1. The van der Waals surface area contributed by atoms with E-state index in [0.29, 0.717) is 22.2 Å². The number of nitrogens with zero attached hydrogens (tertiary/aromatic N) is 1. The van der Waals surface area contributed by atoms with Crippen molar-refractivity contribution >= 4 is 23.3 Å². The fourth-order valence-electron chi connectivity index (χ4n) is 2.37. The number of hydrogen-bond acceptors (Lipinski definition) is 4. The van der Waals surface area contributed by atoms with Crippen molar-refractivity contribution in [3.63, 3.8) is 0 Å². The summed E-state index contributed by atoms with van der Waals surface area (Å²) in [6.07, 6.45) is 0. The van der Waals surface area contributed by atoms with Crippen molar-refractivity contribution in [1.29, 1.82) is 0 Å². The number of hydrogen-bond donors (Lipinski definition) is 1. The minimum atomic E-state index is -0.222. The van der Waals surface area contributed by atoms with Crippen molar-refractivity contribution in [1.82, 2.24) is 5.16 Å². The number of methoxy groups -OCH3 is 1. The second kappa shape index (κ2) is 6.76. The maximum absolute atomic E-state index is 11.4. The third-order valence-electron chi connectivity index (χ3n) is 3.47. The van der Waals surface area contributed by atoms with Crippen molar-refractivity contribution in [3.8, 4) is 28.2 Å². The van der Waals surface area contributed by atoms with Crippen LogP contribution in [0.25, 0.3) is 22.5 Å². The molecule has 1 aromatic heterocycles. The molecule has 1 amide bonds. The summed E-state index contributed by atoms with van der Waals surface area (Å²) in [5.74, 6) is 1.45. The van der Waals surface area contributed by atoms with Crippen LogP contribution in [0.3, 0.4) is 0 Å². The summed E-state index contributed by atoms with van der Waals surface area (Å²) in [7, 11) is 1.61. The minimum absolute atomic E-state index is 0.222. The van der Waals surface area contributed by atoms with Gasteiger partial charge in [0.25, 0.3) is 0 Å². The van der Waals surface area contributed by atoms with Crippen LogP contribution in [0.4, 0.5) is 5.82 Å². The molecule has 0 saturated heterocycles. The molecule has 0 fully saturated rings. The second-order valence-corrected chi connectivity index (χ2v) is 5.59. The summed E-state index contributed by atoms with van der Waals surface area (Å²) in [5.41, 5.74) is 2.37. The van der Waals surface area contributed by atoms with Crippen LogP contribution in [-0.2, 0) is 4.79 Å². The van der Waals surface area contributed by atoms with Crippen molar-refractivity contribution in [2.24, 2.45) is 0 Å². The number of rotatable bonds is 4. The average molecular weight is 343 g/mol. The first kappa shape index (κ1) is 16.1. The molecule has 1 N–H and O–H groups in total. The van der Waals surface area contributed by atoms with Crippen LogP contribution in [0.15, 0.2) is 53.1 Å². The third-order valence-corrected chi connectivity index (χ3v) is 3.72. The van der Waals surface area contributed by atoms with E-state index >= 15 is 0 Å². The van der Waals surface area contributed by atoms with Crippen LogP contribution < -0.4 is 10.1 Å². The van der Waals surface area contributed by atoms with Gasteiger partial charge in [-0.25, -0.2) is 0 Å². The van der Waals surface area contributed by atoms with Gasteiger partial charge in [-0.3, -0.25) is 4.79 Å². The van der Waals surface area contributed by atoms with Crippen LogP contribution in [0.2, 0.25) is 5.02 Å². The second-order valence-electron chi connectivity index (χ2n) is 5.15. The Labute approximate surface area is 144 Å². The van der Waals surface area contributed by atoms with Gasteiger partial charge in [-0.05, 0) is 42.0 Å². The maximum Gasteiger partial charge on any atom is 0.222 e. The normalized spacial score (nSPS) is 10.5. The van der Waals surface area contributed by atoms with Crippen LogP contribution in [0, 0.1) is 0 Å². The largest absolute Gasteiger partial charge is 0.497 e. The van der Waals surface area contributed by atoms with Gasteiger partial charge < -0.3 is 14.6 Å². The highest BCUT2D eigenvalue weighted by atomic mass is 35.5. The van der Waals surface area contributed by atoms with Crippen LogP contribution in [0.1, 0.15) is 6.92 Å². The van der Waals surface area contributed by atoms with Gasteiger partial charge in [0.15, 0.2) is 11.6 Å². The highest BCUT2D eigenvalue weighted by Gasteiger charge is 2.20. The molecule has 0 aliphatic rings. The minimum Gasteiger partial charge on any atom is -0.497 e. The Kier molecular flexibility index (Phi) is 4.53. The summed E-state index contributed by atoms with van der Waals surface area (Å²) < 4.78 is 10.7. The Hall–Kier alpha value is -2.79. The number of ether oxygens (including phenoxy) is 1. The molecule has 0 bridgehead atoms. The zero-order valence-corrected chi connectivity index (χ0v) is 13.9. The van der Waals surface area contributed by atoms with Gasteiger partial charge >= 0.3 is 0 Å². The number of halogens is 1. The first-order valence-corrected chi connectivity index (χ1v) is 7.64. The number of anilines is 1. The Morgan fingerprint density at radius 3 is 2.29 bits per heavy atom. The zero-order valence-electron chi connectivity index (χ0n) is 13.2.